The minimum absolute atomic E-state index is 0.0396. The van der Waals surface area contributed by atoms with Gasteiger partial charge in [-0.2, -0.15) is 0 Å². The van der Waals surface area contributed by atoms with E-state index in [1.165, 1.54) is 12.1 Å². The predicted molar refractivity (Wildman–Crippen MR) is 151 cm³/mol. The Bertz CT molecular complexity index is 1210. The average molecular weight is 585 g/mol. The first-order valence-electron chi connectivity index (χ1n) is 14.9. The zero-order chi connectivity index (χ0) is 30.0. The molecule has 6 atom stereocenters. The van der Waals surface area contributed by atoms with Crippen molar-refractivity contribution in [3.8, 4) is 23.0 Å². The molecule has 0 bridgehead atoms. The number of ether oxygens (including phenoxy) is 4. The van der Waals surface area contributed by atoms with Crippen molar-refractivity contribution in [3.05, 3.63) is 46.5 Å². The van der Waals surface area contributed by atoms with Gasteiger partial charge < -0.3 is 39.4 Å². The molecule has 0 spiro atoms. The number of esters is 2. The molecule has 2 aromatic rings. The SMILES string of the molecule is C[C@@H]1CCC[C@H](C[C@@H]2Cc3cc(O)cc(O)c3C(=O)O2)O1.C[C@@H]1CCC[C@H](C[C@@H]2Cc3cc(O)cc(O)c3C(=O)O2)O1. The number of cyclic esters (lactones) is 2. The minimum Gasteiger partial charge on any atom is -0.508 e. The van der Waals surface area contributed by atoms with Crippen LogP contribution in [0.3, 0.4) is 0 Å². The maximum absolute atomic E-state index is 12.0. The molecule has 0 unspecified atom stereocenters. The molecule has 4 N–H and O–H groups in total. The molecule has 0 saturated carbocycles. The molecule has 2 saturated heterocycles. The highest BCUT2D eigenvalue weighted by atomic mass is 16.6. The van der Waals surface area contributed by atoms with E-state index >= 15 is 0 Å². The summed E-state index contributed by atoms with van der Waals surface area (Å²) < 4.78 is 22.6. The van der Waals surface area contributed by atoms with Crippen molar-refractivity contribution in [2.45, 2.75) is 115 Å². The number of hydrogen-bond donors (Lipinski definition) is 4. The van der Waals surface area contributed by atoms with Gasteiger partial charge in [0.1, 0.15) is 46.3 Å². The summed E-state index contributed by atoms with van der Waals surface area (Å²) in [6.07, 6.45) is 8.89. The number of benzene rings is 2. The fourth-order valence-corrected chi connectivity index (χ4v) is 6.52. The van der Waals surface area contributed by atoms with E-state index in [0.717, 1.165) is 50.7 Å². The molecule has 2 fully saturated rings. The Hall–Kier alpha value is -3.50. The molecule has 0 amide bonds. The summed E-state index contributed by atoms with van der Waals surface area (Å²) in [4.78, 5) is 24.1. The lowest BCUT2D eigenvalue weighted by atomic mass is 9.92. The number of fused-ring (bicyclic) bond motifs is 2. The molecular formula is C32H40O10. The Morgan fingerprint density at radius 3 is 1.40 bits per heavy atom. The molecule has 4 heterocycles. The summed E-state index contributed by atoms with van der Waals surface area (Å²) in [6.45, 7) is 4.12. The molecule has 4 aliphatic heterocycles. The molecule has 0 aromatic heterocycles. The fraction of sp³-hybridized carbons (Fsp3) is 0.562. The number of carbonyl (C=O) groups is 2. The Labute approximate surface area is 245 Å². The van der Waals surface area contributed by atoms with Gasteiger partial charge in [0.2, 0.25) is 0 Å². The van der Waals surface area contributed by atoms with E-state index < -0.39 is 11.9 Å². The molecule has 4 aliphatic rings. The van der Waals surface area contributed by atoms with Gasteiger partial charge in [0.25, 0.3) is 0 Å². The third-order valence-corrected chi connectivity index (χ3v) is 8.39. The molecule has 0 radical (unpaired) electrons. The number of carbonyl (C=O) groups excluding carboxylic acids is 2. The van der Waals surface area contributed by atoms with Crippen molar-refractivity contribution in [1.29, 1.82) is 0 Å². The molecule has 42 heavy (non-hydrogen) atoms. The highest BCUT2D eigenvalue weighted by molar-refractivity contribution is 5.96. The van der Waals surface area contributed by atoms with Crippen molar-refractivity contribution in [2.24, 2.45) is 0 Å². The second kappa shape index (κ2) is 12.8. The van der Waals surface area contributed by atoms with Gasteiger partial charge in [-0.25, -0.2) is 9.59 Å². The first-order valence-corrected chi connectivity index (χ1v) is 14.9. The van der Waals surface area contributed by atoms with Crippen LogP contribution >= 0.6 is 0 Å². The molecule has 2 aromatic carbocycles. The first kappa shape index (κ1) is 30.0. The van der Waals surface area contributed by atoms with Crippen LogP contribution in [-0.2, 0) is 31.8 Å². The quantitative estimate of drug-likeness (QED) is 0.359. The van der Waals surface area contributed by atoms with Crippen LogP contribution in [-0.4, -0.2) is 69.0 Å². The lowest BCUT2D eigenvalue weighted by molar-refractivity contribution is -0.0653. The summed E-state index contributed by atoms with van der Waals surface area (Å²) in [5, 5.41) is 38.7. The highest BCUT2D eigenvalue weighted by Gasteiger charge is 2.34. The topological polar surface area (TPSA) is 152 Å². The molecule has 10 heteroatoms. The van der Waals surface area contributed by atoms with E-state index in [4.69, 9.17) is 18.9 Å². The standard InChI is InChI=1S/2C16H20O5/c2*1-9-3-2-4-12(20-9)8-13-6-10-5-11(17)7-14(18)15(10)16(19)21-13/h2*5,7,9,12-13,17-18H,2-4,6,8H2,1H3/t2*9-,12-,13+/m11/s1. The van der Waals surface area contributed by atoms with E-state index in [9.17, 15) is 30.0 Å². The molecule has 0 aliphatic carbocycles. The van der Waals surface area contributed by atoms with Gasteiger partial charge in [0.15, 0.2) is 0 Å². The molecular weight excluding hydrogens is 544 g/mol. The number of aromatic hydroxyl groups is 4. The van der Waals surface area contributed by atoms with Crippen molar-refractivity contribution < 1.29 is 49.0 Å². The second-order valence-corrected chi connectivity index (χ2v) is 11.9. The normalized spacial score (nSPS) is 28.8. The van der Waals surface area contributed by atoms with Crippen LogP contribution in [0.4, 0.5) is 0 Å². The number of phenolic OH excluding ortho intramolecular Hbond substituents is 4. The summed E-state index contributed by atoms with van der Waals surface area (Å²) in [7, 11) is 0. The van der Waals surface area contributed by atoms with Crippen molar-refractivity contribution in [3.63, 3.8) is 0 Å². The van der Waals surface area contributed by atoms with Crippen LogP contribution in [0.2, 0.25) is 0 Å². The van der Waals surface area contributed by atoms with Crippen LogP contribution < -0.4 is 0 Å². The Kier molecular flexibility index (Phi) is 9.13. The third kappa shape index (κ3) is 7.10. The number of hydrogen-bond acceptors (Lipinski definition) is 10. The smallest absolute Gasteiger partial charge is 0.342 e. The summed E-state index contributed by atoms with van der Waals surface area (Å²) in [5.41, 5.74) is 1.61. The van der Waals surface area contributed by atoms with Crippen LogP contribution in [0.25, 0.3) is 0 Å². The van der Waals surface area contributed by atoms with E-state index in [-0.39, 0.29) is 70.7 Å². The number of phenols is 4. The van der Waals surface area contributed by atoms with Gasteiger partial charge in [0, 0.05) is 37.8 Å². The summed E-state index contributed by atoms with van der Waals surface area (Å²) >= 11 is 0. The van der Waals surface area contributed by atoms with Gasteiger partial charge in [-0.1, -0.05) is 0 Å². The lowest BCUT2D eigenvalue weighted by Gasteiger charge is -2.32. The maximum atomic E-state index is 12.0. The van der Waals surface area contributed by atoms with Crippen molar-refractivity contribution >= 4 is 11.9 Å². The van der Waals surface area contributed by atoms with Gasteiger partial charge >= 0.3 is 11.9 Å². The Balaban J connectivity index is 0.000000168. The van der Waals surface area contributed by atoms with Crippen LogP contribution in [0.1, 0.15) is 97.1 Å². The van der Waals surface area contributed by atoms with Gasteiger partial charge in [-0.05, 0) is 75.6 Å². The summed E-state index contributed by atoms with van der Waals surface area (Å²) in [6, 6.07) is 5.36. The zero-order valence-electron chi connectivity index (χ0n) is 24.1. The second-order valence-electron chi connectivity index (χ2n) is 11.9. The van der Waals surface area contributed by atoms with Gasteiger partial charge in [0.05, 0.1) is 24.4 Å². The fourth-order valence-electron chi connectivity index (χ4n) is 6.52. The van der Waals surface area contributed by atoms with Gasteiger partial charge in [-0.3, -0.25) is 0 Å². The van der Waals surface area contributed by atoms with E-state index in [1.807, 2.05) is 0 Å². The first-order chi connectivity index (χ1) is 20.0. The largest absolute Gasteiger partial charge is 0.508 e. The molecule has 228 valence electrons. The van der Waals surface area contributed by atoms with E-state index in [1.54, 1.807) is 0 Å². The maximum Gasteiger partial charge on any atom is 0.342 e. The van der Waals surface area contributed by atoms with E-state index in [0.29, 0.717) is 36.8 Å². The minimum atomic E-state index is -0.525. The van der Waals surface area contributed by atoms with Gasteiger partial charge in [-0.15, -0.1) is 0 Å². The monoisotopic (exact) mass is 584 g/mol. The number of rotatable bonds is 4. The van der Waals surface area contributed by atoms with E-state index in [2.05, 4.69) is 13.8 Å². The zero-order valence-corrected chi connectivity index (χ0v) is 24.1. The molecule has 6 rings (SSSR count). The summed E-state index contributed by atoms with van der Waals surface area (Å²) in [5.74, 6) is -1.58. The van der Waals surface area contributed by atoms with Crippen molar-refractivity contribution in [2.75, 3.05) is 0 Å². The molecule has 10 nitrogen and oxygen atoms in total. The third-order valence-electron chi connectivity index (χ3n) is 8.39. The van der Waals surface area contributed by atoms with Crippen LogP contribution in [0, 0.1) is 0 Å². The van der Waals surface area contributed by atoms with Crippen LogP contribution in [0.5, 0.6) is 23.0 Å². The highest BCUT2D eigenvalue weighted by Crippen LogP contribution is 2.36. The Morgan fingerprint density at radius 2 is 1.02 bits per heavy atom. The average Bonchev–Trinajstić information content (AvgIpc) is 2.88. The lowest BCUT2D eigenvalue weighted by Crippen LogP contribution is -2.34. The van der Waals surface area contributed by atoms with Crippen LogP contribution in [0.15, 0.2) is 24.3 Å². The Morgan fingerprint density at radius 1 is 0.619 bits per heavy atom. The van der Waals surface area contributed by atoms with Crippen molar-refractivity contribution in [1.82, 2.24) is 0 Å². The predicted octanol–water partition coefficient (Wildman–Crippen LogP) is 5.05.